The number of aromatic nitrogens is 5. The number of nitrogens with two attached hydrogens (primary N) is 1. The van der Waals surface area contributed by atoms with Crippen molar-refractivity contribution in [2.75, 3.05) is 23.3 Å². The van der Waals surface area contributed by atoms with Crippen LogP contribution in [0.25, 0.3) is 5.52 Å². The lowest BCUT2D eigenvalue weighted by Gasteiger charge is -2.30. The molecule has 0 unspecified atom stereocenters. The fourth-order valence-electron chi connectivity index (χ4n) is 3.52. The van der Waals surface area contributed by atoms with E-state index in [1.165, 1.54) is 18.5 Å². The molecule has 4 heterocycles. The van der Waals surface area contributed by atoms with Gasteiger partial charge in [0.15, 0.2) is 11.6 Å². The second-order valence-electron chi connectivity index (χ2n) is 7.78. The van der Waals surface area contributed by atoms with Gasteiger partial charge in [-0.2, -0.15) is 10.1 Å². The number of anilines is 3. The lowest BCUT2D eigenvalue weighted by atomic mass is 10.1. The Morgan fingerprint density at radius 2 is 2.12 bits per heavy atom. The van der Waals surface area contributed by atoms with E-state index >= 15 is 0 Å². The number of nitrogens with one attached hydrogen (secondary N) is 2. The first-order valence-corrected chi connectivity index (χ1v) is 9.30. The third kappa shape index (κ3) is 2.70. The normalized spacial score (nSPS) is 19.8. The molecule has 2 fully saturated rings. The zero-order valence-corrected chi connectivity index (χ0v) is 14.9. The summed E-state index contributed by atoms with van der Waals surface area (Å²) in [6.45, 7) is 4.04. The van der Waals surface area contributed by atoms with Crippen molar-refractivity contribution >= 4 is 23.1 Å². The summed E-state index contributed by atoms with van der Waals surface area (Å²) in [6, 6.07) is 6.36. The monoisotopic (exact) mass is 352 g/mol. The lowest BCUT2D eigenvalue weighted by molar-refractivity contribution is 0.493. The van der Waals surface area contributed by atoms with Crippen LogP contribution in [-0.2, 0) is 5.41 Å². The molecule has 0 spiro atoms. The van der Waals surface area contributed by atoms with Gasteiger partial charge in [0.1, 0.15) is 5.52 Å². The number of fused-ring (bicyclic) bond motifs is 1. The highest BCUT2D eigenvalue weighted by molar-refractivity contribution is 5.73. The smallest absolute Gasteiger partial charge is 0.245 e. The molecule has 8 nitrogen and oxygen atoms in total. The molecule has 0 radical (unpaired) electrons. The molecule has 3 aromatic heterocycles. The molecule has 0 amide bonds. The highest BCUT2D eigenvalue weighted by Crippen LogP contribution is 2.47. The van der Waals surface area contributed by atoms with Crippen LogP contribution < -0.4 is 16.0 Å². The van der Waals surface area contributed by atoms with Gasteiger partial charge in [-0.1, -0.05) is 6.92 Å². The van der Waals surface area contributed by atoms with Gasteiger partial charge in [-0.3, -0.25) is 5.10 Å². The molecule has 136 valence electrons. The molecule has 5 rings (SSSR count). The number of aromatic amines is 1. The highest BCUT2D eigenvalue weighted by atomic mass is 15.4. The zero-order valence-electron chi connectivity index (χ0n) is 14.9. The number of hydrogen-bond donors (Lipinski definition) is 3. The minimum Gasteiger partial charge on any atom is -0.339 e. The molecule has 1 saturated carbocycles. The Morgan fingerprint density at radius 1 is 1.31 bits per heavy atom. The summed E-state index contributed by atoms with van der Waals surface area (Å²) < 4.78 is 1.87. The molecule has 26 heavy (non-hydrogen) atoms. The van der Waals surface area contributed by atoms with Crippen LogP contribution in [0.5, 0.6) is 0 Å². The van der Waals surface area contributed by atoms with E-state index in [-0.39, 0.29) is 11.5 Å². The van der Waals surface area contributed by atoms with Crippen LogP contribution in [0, 0.1) is 0 Å². The third-order valence-corrected chi connectivity index (χ3v) is 5.68. The van der Waals surface area contributed by atoms with Gasteiger partial charge in [-0.05, 0) is 37.8 Å². The number of piperidine rings is 1. The van der Waals surface area contributed by atoms with E-state index in [0.29, 0.717) is 0 Å². The summed E-state index contributed by atoms with van der Waals surface area (Å²) in [4.78, 5) is 7.00. The first-order valence-electron chi connectivity index (χ1n) is 9.30. The number of hydrogen-bond acceptors (Lipinski definition) is 6. The van der Waals surface area contributed by atoms with Crippen molar-refractivity contribution < 1.29 is 0 Å². The molecule has 8 heteroatoms. The van der Waals surface area contributed by atoms with Crippen molar-refractivity contribution in [2.45, 2.75) is 44.1 Å². The van der Waals surface area contributed by atoms with Gasteiger partial charge in [-0.15, -0.1) is 5.10 Å². The Balaban J connectivity index is 1.46. The Labute approximate surface area is 151 Å². The lowest BCUT2D eigenvalue weighted by Crippen LogP contribution is -2.40. The molecule has 1 saturated heterocycles. The molecular formula is C18H24N8. The maximum Gasteiger partial charge on any atom is 0.245 e. The summed E-state index contributed by atoms with van der Waals surface area (Å²) in [6.07, 6.45) is 6.32. The Hall–Kier alpha value is -2.61. The molecule has 0 bridgehead atoms. The van der Waals surface area contributed by atoms with E-state index in [0.717, 1.165) is 49.0 Å². The quantitative estimate of drug-likeness (QED) is 0.665. The second kappa shape index (κ2) is 5.70. The fraction of sp³-hybridized carbons (Fsp3) is 0.500. The van der Waals surface area contributed by atoms with Crippen molar-refractivity contribution in [2.24, 2.45) is 5.73 Å². The predicted octanol–water partition coefficient (Wildman–Crippen LogP) is 2.17. The van der Waals surface area contributed by atoms with Crippen molar-refractivity contribution in [1.82, 2.24) is 24.8 Å². The van der Waals surface area contributed by atoms with Gasteiger partial charge >= 0.3 is 0 Å². The molecule has 4 N–H and O–H groups in total. The Kier molecular flexibility index (Phi) is 3.43. The van der Waals surface area contributed by atoms with Gasteiger partial charge < -0.3 is 16.0 Å². The second-order valence-corrected chi connectivity index (χ2v) is 7.78. The summed E-state index contributed by atoms with van der Waals surface area (Å²) in [5.74, 6) is 2.29. The molecule has 1 aliphatic carbocycles. The Morgan fingerprint density at radius 3 is 2.88 bits per heavy atom. The average molecular weight is 352 g/mol. The summed E-state index contributed by atoms with van der Waals surface area (Å²) in [7, 11) is 0. The molecule has 0 atom stereocenters. The van der Waals surface area contributed by atoms with Crippen molar-refractivity contribution in [1.29, 1.82) is 0 Å². The summed E-state index contributed by atoms with van der Waals surface area (Å²) in [5.41, 5.74) is 8.41. The van der Waals surface area contributed by atoms with Crippen molar-refractivity contribution in [3.05, 3.63) is 30.1 Å². The Bertz CT molecular complexity index is 930. The average Bonchev–Trinajstić information content (AvgIpc) is 3.04. The van der Waals surface area contributed by atoms with Crippen molar-refractivity contribution in [3.63, 3.8) is 0 Å². The highest BCUT2D eigenvalue weighted by Gasteiger charge is 2.40. The van der Waals surface area contributed by atoms with Crippen LogP contribution in [0.15, 0.2) is 24.4 Å². The fourth-order valence-corrected chi connectivity index (χ4v) is 3.52. The van der Waals surface area contributed by atoms with E-state index < -0.39 is 0 Å². The van der Waals surface area contributed by atoms with E-state index in [1.807, 2.05) is 22.8 Å². The summed E-state index contributed by atoms with van der Waals surface area (Å²) >= 11 is 0. The molecule has 0 aromatic carbocycles. The maximum absolute atomic E-state index is 6.03. The van der Waals surface area contributed by atoms with Crippen LogP contribution >= 0.6 is 0 Å². The third-order valence-electron chi connectivity index (χ3n) is 5.68. The topological polar surface area (TPSA) is 100 Å². The van der Waals surface area contributed by atoms with Crippen LogP contribution in [0.4, 0.5) is 17.6 Å². The van der Waals surface area contributed by atoms with Crippen LogP contribution in [0.3, 0.4) is 0 Å². The number of rotatable bonds is 4. The van der Waals surface area contributed by atoms with E-state index in [9.17, 15) is 0 Å². The summed E-state index contributed by atoms with van der Waals surface area (Å²) in [5, 5.41) is 15.6. The largest absolute Gasteiger partial charge is 0.339 e. The van der Waals surface area contributed by atoms with E-state index in [4.69, 9.17) is 10.7 Å². The zero-order chi connectivity index (χ0) is 17.7. The van der Waals surface area contributed by atoms with Gasteiger partial charge in [0.05, 0.1) is 0 Å². The number of H-pyrrole nitrogens is 1. The minimum atomic E-state index is 0.265. The maximum atomic E-state index is 6.03. The first kappa shape index (κ1) is 15.6. The number of nitrogens with zero attached hydrogens (tertiary/aromatic N) is 5. The van der Waals surface area contributed by atoms with Gasteiger partial charge in [0.2, 0.25) is 5.95 Å². The van der Waals surface area contributed by atoms with Gasteiger partial charge in [0.25, 0.3) is 0 Å². The van der Waals surface area contributed by atoms with Crippen LogP contribution in [0.2, 0.25) is 0 Å². The molecule has 1 aliphatic heterocycles. The van der Waals surface area contributed by atoms with Crippen LogP contribution in [-0.4, -0.2) is 43.9 Å². The van der Waals surface area contributed by atoms with Crippen molar-refractivity contribution in [3.8, 4) is 0 Å². The molecule has 2 aliphatic rings. The molecular weight excluding hydrogens is 328 g/mol. The predicted molar refractivity (Wildman–Crippen MR) is 101 cm³/mol. The minimum absolute atomic E-state index is 0.265. The first-order chi connectivity index (χ1) is 12.6. The molecule has 3 aromatic rings. The van der Waals surface area contributed by atoms with E-state index in [1.54, 1.807) is 0 Å². The standard InChI is InChI=1S/C18H24N8/c1-18(6-7-18)14-11-15(23-22-14)20-16-13-3-2-8-26(13)24-17(21-16)25-9-4-12(19)5-10-25/h2-3,8,11-12H,4-7,9-10,19H2,1H3,(H2,20,21,22,23,24). The van der Waals surface area contributed by atoms with Gasteiger partial charge in [-0.25, -0.2) is 4.52 Å². The van der Waals surface area contributed by atoms with E-state index in [2.05, 4.69) is 38.5 Å². The van der Waals surface area contributed by atoms with Gasteiger partial charge in [0, 0.05) is 42.5 Å². The SMILES string of the molecule is CC1(c2cc(Nc3nc(N4CCC(N)CC4)nn4cccc34)n[nH]2)CC1. The van der Waals surface area contributed by atoms with Crippen LogP contribution in [0.1, 0.15) is 38.3 Å².